The average molecular weight is 326 g/mol. The minimum absolute atomic E-state index is 0.137. The Bertz CT molecular complexity index is 728. The molecular formula is C19H22N2O3. The van der Waals surface area contributed by atoms with E-state index in [0.29, 0.717) is 18.2 Å². The summed E-state index contributed by atoms with van der Waals surface area (Å²) in [6, 6.07) is 11.8. The van der Waals surface area contributed by atoms with Crippen LogP contribution >= 0.6 is 0 Å². The first-order valence-corrected chi connectivity index (χ1v) is 8.50. The fourth-order valence-corrected chi connectivity index (χ4v) is 4.05. The Morgan fingerprint density at radius 2 is 2.17 bits per heavy atom. The number of aryl methyl sites for hydroxylation is 1. The second kappa shape index (κ2) is 5.98. The quantitative estimate of drug-likeness (QED) is 0.790. The fourth-order valence-electron chi connectivity index (χ4n) is 4.05. The highest BCUT2D eigenvalue weighted by atomic mass is 16.4. The molecular weight excluding hydrogens is 304 g/mol. The van der Waals surface area contributed by atoms with Crippen molar-refractivity contribution in [2.24, 2.45) is 5.92 Å². The van der Waals surface area contributed by atoms with Crippen LogP contribution in [0.3, 0.4) is 0 Å². The largest absolute Gasteiger partial charge is 0.467 e. The third-order valence-corrected chi connectivity index (χ3v) is 5.46. The van der Waals surface area contributed by atoms with E-state index in [2.05, 4.69) is 34.9 Å². The molecule has 0 bridgehead atoms. The van der Waals surface area contributed by atoms with E-state index in [-0.39, 0.29) is 18.0 Å². The first-order chi connectivity index (χ1) is 11.7. The monoisotopic (exact) mass is 326 g/mol. The molecule has 5 nitrogen and oxygen atoms in total. The lowest BCUT2D eigenvalue weighted by Gasteiger charge is -2.13. The standard InChI is InChI=1S/C19H22N2O3/c22-16(17-6-3-9-24-17)12-21-18(23)20-11-14-10-19(14)8-7-13-4-1-2-5-15(13)19/h1-6,9,14,16,22H,7-8,10-12H2,(H2,20,21,23)/t14-,16+,19+/m1/s1. The zero-order chi connectivity index (χ0) is 16.6. The molecule has 0 radical (unpaired) electrons. The van der Waals surface area contributed by atoms with Gasteiger partial charge in [0.1, 0.15) is 11.9 Å². The molecule has 3 N–H and O–H groups in total. The van der Waals surface area contributed by atoms with Crippen LogP contribution in [0.5, 0.6) is 0 Å². The Morgan fingerprint density at radius 3 is 3.00 bits per heavy atom. The van der Waals surface area contributed by atoms with E-state index in [1.165, 1.54) is 23.8 Å². The molecule has 24 heavy (non-hydrogen) atoms. The van der Waals surface area contributed by atoms with Gasteiger partial charge in [-0.05, 0) is 48.4 Å². The average Bonchev–Trinajstić information content (AvgIpc) is 2.94. The number of fused-ring (bicyclic) bond motifs is 2. The number of rotatable bonds is 5. The van der Waals surface area contributed by atoms with E-state index in [1.54, 1.807) is 12.1 Å². The molecule has 1 heterocycles. The number of nitrogens with one attached hydrogen (secondary N) is 2. The van der Waals surface area contributed by atoms with Crippen molar-refractivity contribution in [3.05, 3.63) is 59.5 Å². The number of carbonyl (C=O) groups is 1. The molecule has 1 spiro atoms. The number of aliphatic hydroxyl groups excluding tert-OH is 1. The first-order valence-electron chi connectivity index (χ1n) is 8.50. The Kier molecular flexibility index (Phi) is 3.81. The third-order valence-electron chi connectivity index (χ3n) is 5.46. The summed E-state index contributed by atoms with van der Waals surface area (Å²) in [5, 5.41) is 15.5. The molecule has 3 atom stereocenters. The van der Waals surface area contributed by atoms with Gasteiger partial charge in [-0.1, -0.05) is 24.3 Å². The Labute approximate surface area is 141 Å². The minimum Gasteiger partial charge on any atom is -0.467 e. The molecule has 0 saturated heterocycles. The van der Waals surface area contributed by atoms with Crippen LogP contribution in [0.25, 0.3) is 0 Å². The van der Waals surface area contributed by atoms with Gasteiger partial charge < -0.3 is 20.2 Å². The summed E-state index contributed by atoms with van der Waals surface area (Å²) in [5.41, 5.74) is 3.23. The molecule has 0 unspecified atom stereocenters. The summed E-state index contributed by atoms with van der Waals surface area (Å²) in [6.07, 6.45) is 4.18. The van der Waals surface area contributed by atoms with Crippen molar-refractivity contribution < 1.29 is 14.3 Å². The summed E-state index contributed by atoms with van der Waals surface area (Å²) in [5.74, 6) is 0.973. The van der Waals surface area contributed by atoms with Gasteiger partial charge in [-0.2, -0.15) is 0 Å². The van der Waals surface area contributed by atoms with Gasteiger partial charge in [0.25, 0.3) is 0 Å². The van der Waals surface area contributed by atoms with Gasteiger partial charge in [0.15, 0.2) is 0 Å². The van der Waals surface area contributed by atoms with Crippen molar-refractivity contribution in [1.29, 1.82) is 0 Å². The number of benzene rings is 1. The topological polar surface area (TPSA) is 74.5 Å². The maximum Gasteiger partial charge on any atom is 0.314 e. The van der Waals surface area contributed by atoms with Crippen molar-refractivity contribution >= 4 is 6.03 Å². The number of furan rings is 1. The highest BCUT2D eigenvalue weighted by molar-refractivity contribution is 5.74. The van der Waals surface area contributed by atoms with Crippen LogP contribution in [-0.4, -0.2) is 24.2 Å². The number of amides is 2. The predicted molar refractivity (Wildman–Crippen MR) is 89.6 cm³/mol. The molecule has 126 valence electrons. The maximum atomic E-state index is 11.9. The van der Waals surface area contributed by atoms with Gasteiger partial charge in [-0.25, -0.2) is 4.79 Å². The van der Waals surface area contributed by atoms with Gasteiger partial charge >= 0.3 is 6.03 Å². The predicted octanol–water partition coefficient (Wildman–Crippen LogP) is 2.52. The van der Waals surface area contributed by atoms with Crippen LogP contribution in [0.4, 0.5) is 4.79 Å². The number of carbonyl (C=O) groups excluding carboxylic acids is 1. The molecule has 1 fully saturated rings. The van der Waals surface area contributed by atoms with Gasteiger partial charge in [0.05, 0.1) is 12.8 Å². The second-order valence-corrected chi connectivity index (χ2v) is 6.84. The van der Waals surface area contributed by atoms with Crippen LogP contribution in [0, 0.1) is 5.92 Å². The first kappa shape index (κ1) is 15.3. The van der Waals surface area contributed by atoms with E-state index >= 15 is 0 Å². The number of urea groups is 1. The SMILES string of the molecule is O=C(NC[C@H]1C[C@@]12CCc1ccccc12)NC[C@H](O)c1ccco1. The lowest BCUT2D eigenvalue weighted by molar-refractivity contribution is 0.148. The van der Waals surface area contributed by atoms with Crippen LogP contribution in [-0.2, 0) is 11.8 Å². The molecule has 0 aliphatic heterocycles. The Morgan fingerprint density at radius 1 is 1.29 bits per heavy atom. The van der Waals surface area contributed by atoms with Crippen molar-refractivity contribution in [2.45, 2.75) is 30.8 Å². The summed E-state index contributed by atoms with van der Waals surface area (Å²) in [6.45, 7) is 0.814. The summed E-state index contributed by atoms with van der Waals surface area (Å²) >= 11 is 0. The van der Waals surface area contributed by atoms with Crippen molar-refractivity contribution in [3.63, 3.8) is 0 Å². The number of aliphatic hydroxyl groups is 1. The minimum atomic E-state index is -0.820. The van der Waals surface area contributed by atoms with Crippen LogP contribution in [0.2, 0.25) is 0 Å². The molecule has 2 aliphatic rings. The third kappa shape index (κ3) is 2.69. The lowest BCUT2D eigenvalue weighted by atomic mass is 9.95. The highest BCUT2D eigenvalue weighted by Gasteiger charge is 2.57. The molecule has 4 rings (SSSR count). The van der Waals surface area contributed by atoms with Gasteiger partial charge in [0, 0.05) is 12.0 Å². The zero-order valence-electron chi connectivity index (χ0n) is 13.5. The van der Waals surface area contributed by atoms with E-state index in [4.69, 9.17) is 4.42 Å². The summed E-state index contributed by atoms with van der Waals surface area (Å²) < 4.78 is 5.11. The molecule has 1 aromatic carbocycles. The molecule has 2 aliphatic carbocycles. The molecule has 5 heteroatoms. The summed E-state index contributed by atoms with van der Waals surface area (Å²) in [4.78, 5) is 11.9. The lowest BCUT2D eigenvalue weighted by Crippen LogP contribution is -2.39. The summed E-state index contributed by atoms with van der Waals surface area (Å²) in [7, 11) is 0. The van der Waals surface area contributed by atoms with Crippen LogP contribution < -0.4 is 10.6 Å². The van der Waals surface area contributed by atoms with Crippen LogP contribution in [0.15, 0.2) is 47.1 Å². The second-order valence-electron chi connectivity index (χ2n) is 6.84. The van der Waals surface area contributed by atoms with Crippen molar-refractivity contribution in [3.8, 4) is 0 Å². The van der Waals surface area contributed by atoms with Crippen molar-refractivity contribution in [1.82, 2.24) is 10.6 Å². The van der Waals surface area contributed by atoms with Crippen molar-refractivity contribution in [2.75, 3.05) is 13.1 Å². The van der Waals surface area contributed by atoms with E-state index in [9.17, 15) is 9.90 Å². The highest BCUT2D eigenvalue weighted by Crippen LogP contribution is 2.61. The normalized spacial score (nSPS) is 25.3. The van der Waals surface area contributed by atoms with E-state index < -0.39 is 6.10 Å². The molecule has 2 aromatic rings. The van der Waals surface area contributed by atoms with E-state index in [1.807, 2.05) is 0 Å². The van der Waals surface area contributed by atoms with Gasteiger partial charge in [0.2, 0.25) is 0 Å². The fraction of sp³-hybridized carbons (Fsp3) is 0.421. The van der Waals surface area contributed by atoms with E-state index in [0.717, 1.165) is 12.8 Å². The maximum absolute atomic E-state index is 11.9. The molecule has 1 aromatic heterocycles. The van der Waals surface area contributed by atoms with Gasteiger partial charge in [-0.15, -0.1) is 0 Å². The molecule has 2 amide bonds. The Balaban J connectivity index is 1.25. The smallest absolute Gasteiger partial charge is 0.314 e. The Hall–Kier alpha value is -2.27. The van der Waals surface area contributed by atoms with Gasteiger partial charge in [-0.3, -0.25) is 0 Å². The number of hydrogen-bond acceptors (Lipinski definition) is 3. The van der Waals surface area contributed by atoms with Crippen LogP contribution in [0.1, 0.15) is 35.8 Å². The zero-order valence-corrected chi connectivity index (χ0v) is 13.5. The number of hydrogen-bond donors (Lipinski definition) is 3. The molecule has 1 saturated carbocycles.